The Kier molecular flexibility index (Phi) is 5.91. The topological polar surface area (TPSA) is 59.9 Å². The van der Waals surface area contributed by atoms with E-state index in [0.29, 0.717) is 17.5 Å². The summed E-state index contributed by atoms with van der Waals surface area (Å²) in [5.74, 6) is -0.256. The second-order valence-electron chi connectivity index (χ2n) is 4.44. The van der Waals surface area contributed by atoms with Crippen LogP contribution in [-0.4, -0.2) is 22.0 Å². The van der Waals surface area contributed by atoms with Gasteiger partial charge in [-0.05, 0) is 49.6 Å². The van der Waals surface area contributed by atoms with Gasteiger partial charge in [-0.1, -0.05) is 13.8 Å². The summed E-state index contributed by atoms with van der Waals surface area (Å²) in [6.45, 7) is 9.55. The predicted molar refractivity (Wildman–Crippen MR) is 82.9 cm³/mol. The molecule has 0 atom stereocenters. The second kappa shape index (κ2) is 7.43. The Morgan fingerprint density at radius 2 is 1.57 bits per heavy atom. The minimum atomic E-state index is -0.256. The monoisotopic (exact) mass is 284 g/mol. The van der Waals surface area contributed by atoms with Crippen LogP contribution in [0.4, 0.5) is 0 Å². The maximum absolute atomic E-state index is 12.6. The van der Waals surface area contributed by atoms with Gasteiger partial charge in [-0.25, -0.2) is 0 Å². The molecule has 0 aromatic carbocycles. The van der Waals surface area contributed by atoms with E-state index < -0.39 is 0 Å². The zero-order valence-corrected chi connectivity index (χ0v) is 13.1. The molecule has 2 aromatic heterocycles. The van der Waals surface area contributed by atoms with Crippen molar-refractivity contribution in [2.75, 3.05) is 0 Å². The Hall–Kier alpha value is -2.36. The highest BCUT2D eigenvalue weighted by atomic mass is 16.1. The average Bonchev–Trinajstić information content (AvgIpc) is 2.51. The SMILES string of the molecule is CC.Cc1ccnc(C(=O)c2c(C)ccnc2C=O)c1C. The van der Waals surface area contributed by atoms with Gasteiger partial charge in [0.1, 0.15) is 11.4 Å². The molecule has 0 aliphatic carbocycles. The number of carbonyl (C=O) groups is 2. The van der Waals surface area contributed by atoms with Crippen molar-refractivity contribution in [2.24, 2.45) is 0 Å². The third-order valence-corrected chi connectivity index (χ3v) is 3.22. The van der Waals surface area contributed by atoms with Crippen molar-refractivity contribution in [3.05, 3.63) is 58.2 Å². The van der Waals surface area contributed by atoms with Crippen molar-refractivity contribution in [1.29, 1.82) is 0 Å². The number of hydrogen-bond acceptors (Lipinski definition) is 4. The molecule has 0 bridgehead atoms. The van der Waals surface area contributed by atoms with Gasteiger partial charge in [-0.15, -0.1) is 0 Å². The van der Waals surface area contributed by atoms with Gasteiger partial charge in [0.2, 0.25) is 5.78 Å². The molecular weight excluding hydrogens is 264 g/mol. The van der Waals surface area contributed by atoms with Crippen molar-refractivity contribution in [3.63, 3.8) is 0 Å². The molecule has 0 N–H and O–H groups in total. The smallest absolute Gasteiger partial charge is 0.214 e. The van der Waals surface area contributed by atoms with Gasteiger partial charge in [0.15, 0.2) is 6.29 Å². The molecule has 0 amide bonds. The molecule has 110 valence electrons. The van der Waals surface area contributed by atoms with Gasteiger partial charge in [0.25, 0.3) is 0 Å². The number of aromatic nitrogens is 2. The van der Waals surface area contributed by atoms with Crippen LogP contribution in [0.5, 0.6) is 0 Å². The van der Waals surface area contributed by atoms with Gasteiger partial charge in [-0.2, -0.15) is 0 Å². The van der Waals surface area contributed by atoms with Gasteiger partial charge in [-0.3, -0.25) is 19.6 Å². The number of aryl methyl sites for hydroxylation is 2. The lowest BCUT2D eigenvalue weighted by molar-refractivity contribution is 0.102. The summed E-state index contributed by atoms with van der Waals surface area (Å²) in [5, 5.41) is 0. The molecule has 4 nitrogen and oxygen atoms in total. The minimum absolute atomic E-state index is 0.160. The summed E-state index contributed by atoms with van der Waals surface area (Å²) in [4.78, 5) is 31.7. The third kappa shape index (κ3) is 3.40. The number of hydrogen-bond donors (Lipinski definition) is 0. The van der Waals surface area contributed by atoms with E-state index in [2.05, 4.69) is 9.97 Å². The molecule has 4 heteroatoms. The summed E-state index contributed by atoms with van der Waals surface area (Å²) in [6, 6.07) is 3.56. The van der Waals surface area contributed by atoms with E-state index in [0.717, 1.165) is 16.7 Å². The number of pyridine rings is 2. The van der Waals surface area contributed by atoms with Gasteiger partial charge in [0.05, 0.1) is 5.56 Å². The highest BCUT2D eigenvalue weighted by Crippen LogP contribution is 2.18. The van der Waals surface area contributed by atoms with E-state index in [1.54, 1.807) is 19.2 Å². The third-order valence-electron chi connectivity index (χ3n) is 3.22. The van der Waals surface area contributed by atoms with Gasteiger partial charge < -0.3 is 0 Å². The van der Waals surface area contributed by atoms with E-state index in [9.17, 15) is 9.59 Å². The number of rotatable bonds is 3. The maximum Gasteiger partial charge on any atom is 0.214 e. The van der Waals surface area contributed by atoms with Crippen LogP contribution in [0.15, 0.2) is 24.5 Å². The molecular formula is C17H20N2O2. The summed E-state index contributed by atoms with van der Waals surface area (Å²) in [5.41, 5.74) is 3.41. The van der Waals surface area contributed by atoms with E-state index in [-0.39, 0.29) is 11.5 Å². The van der Waals surface area contributed by atoms with E-state index in [4.69, 9.17) is 0 Å². The van der Waals surface area contributed by atoms with Crippen LogP contribution in [0.2, 0.25) is 0 Å². The fraction of sp³-hybridized carbons (Fsp3) is 0.294. The Bertz CT molecular complexity index is 664. The zero-order chi connectivity index (χ0) is 16.0. The lowest BCUT2D eigenvalue weighted by Gasteiger charge is -2.09. The number of aldehydes is 1. The quantitative estimate of drug-likeness (QED) is 0.639. The summed E-state index contributed by atoms with van der Waals surface area (Å²) in [7, 11) is 0. The Labute approximate surface area is 125 Å². The van der Waals surface area contributed by atoms with Gasteiger partial charge >= 0.3 is 0 Å². The molecule has 2 heterocycles. The molecule has 0 aliphatic rings. The molecule has 0 radical (unpaired) electrons. The lowest BCUT2D eigenvalue weighted by atomic mass is 9.97. The molecule has 0 fully saturated rings. The fourth-order valence-corrected chi connectivity index (χ4v) is 1.94. The largest absolute Gasteiger partial charge is 0.296 e. The van der Waals surface area contributed by atoms with Crippen molar-refractivity contribution in [2.45, 2.75) is 34.6 Å². The first-order valence-corrected chi connectivity index (χ1v) is 6.94. The van der Waals surface area contributed by atoms with Crippen LogP contribution < -0.4 is 0 Å². The van der Waals surface area contributed by atoms with Crippen molar-refractivity contribution >= 4 is 12.1 Å². The lowest BCUT2D eigenvalue weighted by Crippen LogP contribution is -2.13. The molecule has 0 spiro atoms. The molecule has 21 heavy (non-hydrogen) atoms. The molecule has 2 rings (SSSR count). The van der Waals surface area contributed by atoms with Gasteiger partial charge in [0, 0.05) is 12.4 Å². The summed E-state index contributed by atoms with van der Waals surface area (Å²) < 4.78 is 0. The molecule has 0 saturated carbocycles. The highest BCUT2D eigenvalue weighted by molar-refractivity contribution is 6.12. The van der Waals surface area contributed by atoms with Crippen LogP contribution in [0, 0.1) is 20.8 Å². The second-order valence-corrected chi connectivity index (χ2v) is 4.44. The first-order chi connectivity index (χ1) is 10.1. The maximum atomic E-state index is 12.6. The molecule has 0 aliphatic heterocycles. The van der Waals surface area contributed by atoms with Crippen molar-refractivity contribution < 1.29 is 9.59 Å². The van der Waals surface area contributed by atoms with Crippen LogP contribution in [0.25, 0.3) is 0 Å². The van der Waals surface area contributed by atoms with E-state index in [1.807, 2.05) is 33.8 Å². The van der Waals surface area contributed by atoms with Crippen molar-refractivity contribution in [3.8, 4) is 0 Å². The van der Waals surface area contributed by atoms with Crippen molar-refractivity contribution in [1.82, 2.24) is 9.97 Å². The first-order valence-electron chi connectivity index (χ1n) is 6.94. The molecule has 0 unspecified atom stereocenters. The van der Waals surface area contributed by atoms with Crippen LogP contribution in [-0.2, 0) is 0 Å². The molecule has 2 aromatic rings. The zero-order valence-electron chi connectivity index (χ0n) is 13.1. The van der Waals surface area contributed by atoms with E-state index in [1.165, 1.54) is 6.20 Å². The Balaban J connectivity index is 0.00000106. The van der Waals surface area contributed by atoms with Crippen LogP contribution in [0.3, 0.4) is 0 Å². The Morgan fingerprint density at radius 3 is 2.19 bits per heavy atom. The summed E-state index contributed by atoms with van der Waals surface area (Å²) in [6.07, 6.45) is 3.72. The highest BCUT2D eigenvalue weighted by Gasteiger charge is 2.20. The number of nitrogens with zero attached hydrogens (tertiary/aromatic N) is 2. The fourth-order valence-electron chi connectivity index (χ4n) is 1.94. The average molecular weight is 284 g/mol. The molecule has 0 saturated heterocycles. The van der Waals surface area contributed by atoms with Crippen LogP contribution >= 0.6 is 0 Å². The number of ketones is 1. The Morgan fingerprint density at radius 1 is 1.00 bits per heavy atom. The first kappa shape index (κ1) is 16.7. The van der Waals surface area contributed by atoms with Crippen LogP contribution in [0.1, 0.15) is 57.1 Å². The summed E-state index contributed by atoms with van der Waals surface area (Å²) >= 11 is 0. The minimum Gasteiger partial charge on any atom is -0.296 e. The standard InChI is InChI=1S/C15H14N2O2.C2H6/c1-9-4-7-17-14(11(9)3)15(19)13-10(2)5-6-16-12(13)8-18;1-2/h4-8H,1-3H3;1-2H3. The normalized spacial score (nSPS) is 9.57. The number of carbonyl (C=O) groups excluding carboxylic acids is 2. The van der Waals surface area contributed by atoms with E-state index >= 15 is 0 Å². The predicted octanol–water partition coefficient (Wildman–Crippen LogP) is 3.47.